The standard InChI is InChI=1S/C21H31N3S2/c1-4-5-10-22-21(25)23-17-6-7-20-18(13-17)19(14-26-20)16-8-11-24(12-9-16)15(2)3/h6-7,13-16H,4-5,8-12H2,1-3H3,(H2,22,23,25). The Labute approximate surface area is 167 Å². The van der Waals surface area contributed by atoms with Crippen molar-refractivity contribution >= 4 is 44.4 Å². The lowest BCUT2D eigenvalue weighted by Crippen LogP contribution is -2.37. The maximum absolute atomic E-state index is 5.42. The fourth-order valence-corrected chi connectivity index (χ4v) is 4.97. The van der Waals surface area contributed by atoms with Gasteiger partial charge in [-0.15, -0.1) is 11.3 Å². The first-order chi connectivity index (χ1) is 12.6. The van der Waals surface area contributed by atoms with Crippen LogP contribution in [0.15, 0.2) is 23.6 Å². The van der Waals surface area contributed by atoms with Crippen molar-refractivity contribution in [2.24, 2.45) is 0 Å². The summed E-state index contributed by atoms with van der Waals surface area (Å²) < 4.78 is 1.38. The first-order valence-corrected chi connectivity index (χ1v) is 11.2. The minimum atomic E-state index is 0.659. The van der Waals surface area contributed by atoms with E-state index in [0.29, 0.717) is 12.0 Å². The number of thiocarbonyl (C=S) groups is 1. The van der Waals surface area contributed by atoms with Crippen LogP contribution in [0.25, 0.3) is 10.1 Å². The Kier molecular flexibility index (Phi) is 6.90. The number of fused-ring (bicyclic) bond motifs is 1. The fourth-order valence-electron chi connectivity index (χ4n) is 3.72. The van der Waals surface area contributed by atoms with Gasteiger partial charge in [0.25, 0.3) is 0 Å². The van der Waals surface area contributed by atoms with E-state index in [1.807, 2.05) is 11.3 Å². The van der Waals surface area contributed by atoms with Crippen molar-refractivity contribution in [3.05, 3.63) is 29.1 Å². The Balaban J connectivity index is 1.69. The molecule has 1 fully saturated rings. The number of thiophene rings is 1. The number of benzene rings is 1. The summed E-state index contributed by atoms with van der Waals surface area (Å²) in [6, 6.07) is 7.30. The van der Waals surface area contributed by atoms with Gasteiger partial charge in [0.15, 0.2) is 5.11 Å². The summed E-state index contributed by atoms with van der Waals surface area (Å²) in [4.78, 5) is 2.60. The van der Waals surface area contributed by atoms with Gasteiger partial charge in [-0.3, -0.25) is 0 Å². The molecule has 0 bridgehead atoms. The second-order valence-corrected chi connectivity index (χ2v) is 8.86. The van der Waals surface area contributed by atoms with E-state index < -0.39 is 0 Å². The third-order valence-corrected chi connectivity index (χ3v) is 6.60. The largest absolute Gasteiger partial charge is 0.362 e. The Bertz CT molecular complexity index is 730. The molecule has 2 heterocycles. The molecule has 0 aliphatic carbocycles. The van der Waals surface area contributed by atoms with Gasteiger partial charge in [0.1, 0.15) is 0 Å². The van der Waals surface area contributed by atoms with Gasteiger partial charge in [-0.05, 0) is 98.9 Å². The highest BCUT2D eigenvalue weighted by atomic mass is 32.1. The van der Waals surface area contributed by atoms with Crippen molar-refractivity contribution in [3.63, 3.8) is 0 Å². The van der Waals surface area contributed by atoms with E-state index in [2.05, 4.69) is 59.9 Å². The Hall–Kier alpha value is -1.17. The predicted molar refractivity (Wildman–Crippen MR) is 120 cm³/mol. The number of hydrogen-bond donors (Lipinski definition) is 2. The van der Waals surface area contributed by atoms with Crippen molar-refractivity contribution in [1.82, 2.24) is 10.2 Å². The van der Waals surface area contributed by atoms with Crippen molar-refractivity contribution < 1.29 is 0 Å². The summed E-state index contributed by atoms with van der Waals surface area (Å²) in [5.41, 5.74) is 2.62. The van der Waals surface area contributed by atoms with Crippen LogP contribution < -0.4 is 10.6 Å². The monoisotopic (exact) mass is 389 g/mol. The van der Waals surface area contributed by atoms with Gasteiger partial charge in [0.2, 0.25) is 0 Å². The van der Waals surface area contributed by atoms with E-state index in [1.54, 1.807) is 0 Å². The van der Waals surface area contributed by atoms with Gasteiger partial charge in [0, 0.05) is 23.0 Å². The zero-order chi connectivity index (χ0) is 18.5. The third-order valence-electron chi connectivity index (χ3n) is 5.38. The summed E-state index contributed by atoms with van der Waals surface area (Å²) in [5.74, 6) is 0.684. The number of anilines is 1. The molecule has 0 amide bonds. The number of piperidine rings is 1. The lowest BCUT2D eigenvalue weighted by molar-refractivity contribution is 0.172. The zero-order valence-electron chi connectivity index (χ0n) is 16.2. The topological polar surface area (TPSA) is 27.3 Å². The van der Waals surface area contributed by atoms with Crippen LogP contribution in [0, 0.1) is 0 Å². The number of unbranched alkanes of at least 4 members (excludes halogenated alkanes) is 1. The summed E-state index contributed by atoms with van der Waals surface area (Å²) in [6.07, 6.45) is 4.84. The fraction of sp³-hybridized carbons (Fsp3) is 0.571. The van der Waals surface area contributed by atoms with Gasteiger partial charge in [-0.1, -0.05) is 13.3 Å². The number of nitrogens with zero attached hydrogens (tertiary/aromatic N) is 1. The van der Waals surface area contributed by atoms with Crippen LogP contribution in [0.1, 0.15) is 57.9 Å². The van der Waals surface area contributed by atoms with E-state index in [9.17, 15) is 0 Å². The molecule has 1 aliphatic heterocycles. The van der Waals surface area contributed by atoms with Crippen molar-refractivity contribution in [1.29, 1.82) is 0 Å². The lowest BCUT2D eigenvalue weighted by atomic mass is 9.88. The van der Waals surface area contributed by atoms with Gasteiger partial charge in [-0.25, -0.2) is 0 Å². The average molecular weight is 390 g/mol. The summed E-state index contributed by atoms with van der Waals surface area (Å²) in [7, 11) is 0. The number of likely N-dealkylation sites (tertiary alicyclic amines) is 1. The van der Waals surface area contributed by atoms with Gasteiger partial charge in [0.05, 0.1) is 0 Å². The highest BCUT2D eigenvalue weighted by molar-refractivity contribution is 7.80. The van der Waals surface area contributed by atoms with Crippen LogP contribution in [-0.4, -0.2) is 35.7 Å². The third kappa shape index (κ3) is 4.76. The average Bonchev–Trinajstić information content (AvgIpc) is 3.05. The highest BCUT2D eigenvalue weighted by Gasteiger charge is 2.24. The first-order valence-electron chi connectivity index (χ1n) is 9.88. The molecule has 2 aromatic rings. The molecule has 1 saturated heterocycles. The van der Waals surface area contributed by atoms with E-state index in [-0.39, 0.29) is 0 Å². The molecular formula is C21H31N3S2. The molecule has 0 unspecified atom stereocenters. The lowest BCUT2D eigenvalue weighted by Gasteiger charge is -2.34. The Morgan fingerprint density at radius 3 is 2.77 bits per heavy atom. The quantitative estimate of drug-likeness (QED) is 0.498. The van der Waals surface area contributed by atoms with Crippen molar-refractivity contribution in [2.45, 2.75) is 58.4 Å². The molecule has 0 saturated carbocycles. The normalized spacial score (nSPS) is 16.3. The van der Waals surface area contributed by atoms with E-state index >= 15 is 0 Å². The molecule has 142 valence electrons. The predicted octanol–water partition coefficient (Wildman–Crippen LogP) is 5.58. The van der Waals surface area contributed by atoms with E-state index in [1.165, 1.54) is 48.0 Å². The smallest absolute Gasteiger partial charge is 0.170 e. The second-order valence-electron chi connectivity index (χ2n) is 7.54. The van der Waals surface area contributed by atoms with Crippen LogP contribution in [0.2, 0.25) is 0 Å². The van der Waals surface area contributed by atoms with Crippen LogP contribution in [-0.2, 0) is 0 Å². The number of hydrogen-bond acceptors (Lipinski definition) is 3. The molecule has 26 heavy (non-hydrogen) atoms. The Morgan fingerprint density at radius 1 is 1.31 bits per heavy atom. The van der Waals surface area contributed by atoms with Crippen LogP contribution in [0.5, 0.6) is 0 Å². The molecule has 3 rings (SSSR count). The molecule has 3 nitrogen and oxygen atoms in total. The van der Waals surface area contributed by atoms with Gasteiger partial charge < -0.3 is 15.5 Å². The minimum Gasteiger partial charge on any atom is -0.362 e. The van der Waals surface area contributed by atoms with Crippen LogP contribution in [0.4, 0.5) is 5.69 Å². The SMILES string of the molecule is CCCCNC(=S)Nc1ccc2scc(C3CCN(C(C)C)CC3)c2c1. The van der Waals surface area contributed by atoms with Crippen LogP contribution >= 0.6 is 23.6 Å². The van der Waals surface area contributed by atoms with E-state index in [0.717, 1.165) is 23.8 Å². The second kappa shape index (κ2) is 9.16. The maximum Gasteiger partial charge on any atom is 0.170 e. The summed E-state index contributed by atoms with van der Waals surface area (Å²) >= 11 is 7.29. The van der Waals surface area contributed by atoms with Gasteiger partial charge >= 0.3 is 0 Å². The summed E-state index contributed by atoms with van der Waals surface area (Å²) in [6.45, 7) is 10.1. The molecule has 2 N–H and O–H groups in total. The molecule has 5 heteroatoms. The molecule has 0 radical (unpaired) electrons. The molecule has 0 atom stereocenters. The van der Waals surface area contributed by atoms with E-state index in [4.69, 9.17) is 12.2 Å². The highest BCUT2D eigenvalue weighted by Crippen LogP contribution is 2.38. The number of rotatable bonds is 6. The minimum absolute atomic E-state index is 0.659. The van der Waals surface area contributed by atoms with Crippen molar-refractivity contribution in [2.75, 3.05) is 25.0 Å². The first kappa shape index (κ1) is 19.6. The summed E-state index contributed by atoms with van der Waals surface area (Å²) in [5, 5.41) is 11.1. The van der Waals surface area contributed by atoms with Crippen LogP contribution in [0.3, 0.4) is 0 Å². The zero-order valence-corrected chi connectivity index (χ0v) is 17.8. The number of nitrogens with one attached hydrogen (secondary N) is 2. The molecular weight excluding hydrogens is 358 g/mol. The maximum atomic E-state index is 5.42. The molecule has 1 aromatic heterocycles. The van der Waals surface area contributed by atoms with Crippen molar-refractivity contribution in [3.8, 4) is 0 Å². The van der Waals surface area contributed by atoms with Gasteiger partial charge in [-0.2, -0.15) is 0 Å². The molecule has 1 aliphatic rings. The molecule has 1 aromatic carbocycles. The Morgan fingerprint density at radius 2 is 2.08 bits per heavy atom. The molecule has 0 spiro atoms.